The maximum absolute atomic E-state index is 11.6. The Labute approximate surface area is 117 Å². The van der Waals surface area contributed by atoms with Gasteiger partial charge in [0.15, 0.2) is 0 Å². The second-order valence-corrected chi connectivity index (χ2v) is 6.78. The summed E-state index contributed by atoms with van der Waals surface area (Å²) in [6.45, 7) is 6.89. The number of rotatable bonds is 5. The number of carbonyl (C=O) groups excluding carboxylic acids is 2. The number of nitrogens with one attached hydrogen (secondary N) is 1. The maximum Gasteiger partial charge on any atom is 0.407 e. The highest BCUT2D eigenvalue weighted by molar-refractivity contribution is 7.90. The lowest BCUT2D eigenvalue weighted by atomic mass is 10.0. The van der Waals surface area contributed by atoms with Gasteiger partial charge in [-0.1, -0.05) is 11.2 Å². The summed E-state index contributed by atoms with van der Waals surface area (Å²) >= 11 is -1.17. The lowest BCUT2D eigenvalue weighted by molar-refractivity contribution is -0.145. The second kappa shape index (κ2) is 7.59. The Morgan fingerprint density at radius 3 is 2.26 bits per heavy atom. The zero-order chi connectivity index (χ0) is 15.2. The minimum atomic E-state index is -1.17. The first-order chi connectivity index (χ1) is 8.56. The van der Waals surface area contributed by atoms with Crippen LogP contribution in [0.1, 0.15) is 27.7 Å². The van der Waals surface area contributed by atoms with Crippen LogP contribution in [0, 0.1) is 5.92 Å². The summed E-state index contributed by atoms with van der Waals surface area (Å²) in [6.07, 6.45) is 0.881. The Bertz CT molecular complexity index is 314. The van der Waals surface area contributed by atoms with Crippen LogP contribution in [0.3, 0.4) is 0 Å². The molecule has 0 heterocycles. The molecule has 0 aliphatic rings. The van der Waals surface area contributed by atoms with Gasteiger partial charge in [0.2, 0.25) is 0 Å². The molecule has 0 aromatic carbocycles. The van der Waals surface area contributed by atoms with E-state index in [9.17, 15) is 14.1 Å². The maximum atomic E-state index is 11.6. The fourth-order valence-corrected chi connectivity index (χ4v) is 2.35. The number of alkyl carbamates (subject to hydrolysis) is 1. The molecule has 1 amide bonds. The molecule has 0 aromatic rings. The van der Waals surface area contributed by atoms with Gasteiger partial charge in [0, 0.05) is 6.04 Å². The number of ether oxygens (including phenoxy) is 2. The molecule has 0 rings (SSSR count). The van der Waals surface area contributed by atoms with Gasteiger partial charge in [-0.25, -0.2) is 4.79 Å². The van der Waals surface area contributed by atoms with E-state index in [2.05, 4.69) is 10.1 Å². The minimum absolute atomic E-state index is 0.129. The van der Waals surface area contributed by atoms with Crippen LogP contribution in [-0.4, -0.2) is 47.4 Å². The summed E-state index contributed by atoms with van der Waals surface area (Å²) in [5.41, 5.74) is -0.613. The van der Waals surface area contributed by atoms with Crippen LogP contribution in [-0.2, 0) is 25.4 Å². The number of methoxy groups -OCH3 is 1. The zero-order valence-corrected chi connectivity index (χ0v) is 13.1. The highest BCUT2D eigenvalue weighted by Gasteiger charge is 2.31. The van der Waals surface area contributed by atoms with Crippen LogP contribution < -0.4 is 5.32 Å². The molecule has 0 aliphatic carbocycles. The predicted molar refractivity (Wildman–Crippen MR) is 73.3 cm³/mol. The summed E-state index contributed by atoms with van der Waals surface area (Å²) < 4.78 is 21.0. The molecule has 3 atom stereocenters. The third kappa shape index (κ3) is 7.94. The van der Waals surface area contributed by atoms with E-state index in [0.717, 1.165) is 0 Å². The van der Waals surface area contributed by atoms with Crippen molar-refractivity contribution in [3.63, 3.8) is 0 Å². The molecule has 0 spiro atoms. The van der Waals surface area contributed by atoms with Gasteiger partial charge < -0.3 is 19.3 Å². The Morgan fingerprint density at radius 2 is 1.89 bits per heavy atom. The van der Waals surface area contributed by atoms with Crippen LogP contribution in [0.25, 0.3) is 0 Å². The molecule has 0 aromatic heterocycles. The first-order valence-electron chi connectivity index (χ1n) is 5.94. The zero-order valence-electron chi connectivity index (χ0n) is 12.3. The normalized spacial score (nSPS) is 16.2. The molecule has 1 N–H and O–H groups in total. The van der Waals surface area contributed by atoms with Crippen molar-refractivity contribution in [1.82, 2.24) is 5.32 Å². The van der Waals surface area contributed by atoms with Crippen LogP contribution in [0.2, 0.25) is 0 Å². The number of hydrogen-bond acceptors (Lipinski definition) is 5. The van der Waals surface area contributed by atoms with Gasteiger partial charge in [0.1, 0.15) is 17.3 Å². The average molecular weight is 293 g/mol. The van der Waals surface area contributed by atoms with Crippen LogP contribution in [0.15, 0.2) is 0 Å². The molecule has 19 heavy (non-hydrogen) atoms. The first-order valence-corrected chi connectivity index (χ1v) is 7.67. The predicted octanol–water partition coefficient (Wildman–Crippen LogP) is 1.07. The van der Waals surface area contributed by atoms with Gasteiger partial charge in [0.25, 0.3) is 0 Å². The lowest BCUT2D eigenvalue weighted by Gasteiger charge is -2.25. The monoisotopic (exact) mass is 293 g/mol. The van der Waals surface area contributed by atoms with E-state index in [1.165, 1.54) is 13.4 Å². The SMILES string of the molecule is COC(=O)C(C[S+](C)[O-])[C@@H](C)NC(=O)OC(C)(C)C. The summed E-state index contributed by atoms with van der Waals surface area (Å²) in [5.74, 6) is -1.04. The third-order valence-electron chi connectivity index (χ3n) is 2.27. The van der Waals surface area contributed by atoms with Crippen molar-refractivity contribution in [2.75, 3.05) is 19.1 Å². The summed E-state index contributed by atoms with van der Waals surface area (Å²) in [5, 5.41) is 2.56. The van der Waals surface area contributed by atoms with Crippen molar-refractivity contribution >= 4 is 23.2 Å². The molecule has 2 unspecified atom stereocenters. The highest BCUT2D eigenvalue weighted by atomic mass is 32.2. The number of hydrogen-bond donors (Lipinski definition) is 1. The number of esters is 1. The Kier molecular flexibility index (Phi) is 7.21. The van der Waals surface area contributed by atoms with Crippen molar-refractivity contribution in [3.05, 3.63) is 0 Å². The first kappa shape index (κ1) is 18.0. The van der Waals surface area contributed by atoms with Crippen molar-refractivity contribution in [2.24, 2.45) is 5.92 Å². The van der Waals surface area contributed by atoms with Crippen LogP contribution in [0.5, 0.6) is 0 Å². The van der Waals surface area contributed by atoms with E-state index < -0.39 is 40.8 Å². The molecule has 0 aliphatic heterocycles. The molecular formula is C12H23NO5S. The molecule has 0 bridgehead atoms. The van der Waals surface area contributed by atoms with E-state index in [0.29, 0.717) is 0 Å². The van der Waals surface area contributed by atoms with Gasteiger partial charge in [-0.05, 0) is 27.7 Å². The van der Waals surface area contributed by atoms with Crippen molar-refractivity contribution in [2.45, 2.75) is 39.3 Å². The summed E-state index contributed by atoms with van der Waals surface area (Å²) in [7, 11) is 1.26. The summed E-state index contributed by atoms with van der Waals surface area (Å²) in [6, 6.07) is -0.522. The standard InChI is InChI=1S/C12H23NO5S/c1-8(13-11(15)18-12(2,3)4)9(7-19(6)16)10(14)17-5/h8-9H,7H2,1-6H3,(H,13,15)/t8-,9?,19?/m1/s1. The quantitative estimate of drug-likeness (QED) is 0.605. The molecule has 0 saturated carbocycles. The van der Waals surface area contributed by atoms with Crippen LogP contribution in [0.4, 0.5) is 4.79 Å². The van der Waals surface area contributed by atoms with Gasteiger partial charge in [-0.3, -0.25) is 4.79 Å². The van der Waals surface area contributed by atoms with Gasteiger partial charge in [-0.15, -0.1) is 0 Å². The Hall–Kier alpha value is -0.950. The molecular weight excluding hydrogens is 270 g/mol. The third-order valence-corrected chi connectivity index (χ3v) is 3.09. The van der Waals surface area contributed by atoms with Crippen molar-refractivity contribution in [1.29, 1.82) is 0 Å². The number of amides is 1. The molecule has 0 fully saturated rings. The summed E-state index contributed by atoms with van der Waals surface area (Å²) in [4.78, 5) is 23.2. The minimum Gasteiger partial charge on any atom is -0.617 e. The van der Waals surface area contributed by atoms with E-state index in [-0.39, 0.29) is 5.75 Å². The fourth-order valence-electron chi connectivity index (χ4n) is 1.41. The van der Waals surface area contributed by atoms with Crippen LogP contribution >= 0.6 is 0 Å². The molecule has 112 valence electrons. The highest BCUT2D eigenvalue weighted by Crippen LogP contribution is 2.12. The van der Waals surface area contributed by atoms with E-state index in [1.807, 2.05) is 0 Å². The molecule has 0 saturated heterocycles. The van der Waals surface area contributed by atoms with Crippen molar-refractivity contribution < 1.29 is 23.6 Å². The largest absolute Gasteiger partial charge is 0.617 e. The fraction of sp³-hybridized carbons (Fsp3) is 0.833. The van der Waals surface area contributed by atoms with Gasteiger partial charge in [0.05, 0.1) is 13.4 Å². The average Bonchev–Trinajstić information content (AvgIpc) is 2.21. The molecule has 6 nitrogen and oxygen atoms in total. The van der Waals surface area contributed by atoms with Gasteiger partial charge in [-0.2, -0.15) is 0 Å². The van der Waals surface area contributed by atoms with E-state index in [1.54, 1.807) is 27.7 Å². The Morgan fingerprint density at radius 1 is 1.37 bits per heavy atom. The smallest absolute Gasteiger partial charge is 0.407 e. The second-order valence-electron chi connectivity index (χ2n) is 5.30. The lowest BCUT2D eigenvalue weighted by Crippen LogP contribution is -2.46. The number of carbonyl (C=O) groups is 2. The topological polar surface area (TPSA) is 87.7 Å². The van der Waals surface area contributed by atoms with E-state index in [4.69, 9.17) is 4.74 Å². The van der Waals surface area contributed by atoms with Crippen molar-refractivity contribution in [3.8, 4) is 0 Å². The van der Waals surface area contributed by atoms with Gasteiger partial charge >= 0.3 is 12.1 Å². The molecule has 7 heteroatoms. The molecule has 0 radical (unpaired) electrons. The Balaban J connectivity index is 4.59. The van der Waals surface area contributed by atoms with E-state index >= 15 is 0 Å².